The number of thiazole rings is 1. The molecular formula is C10H18N2O2S. The Labute approximate surface area is 94.6 Å². The van der Waals surface area contributed by atoms with Crippen LogP contribution in [0.15, 0.2) is 6.20 Å². The predicted octanol–water partition coefficient (Wildman–Crippen LogP) is 1.55. The van der Waals surface area contributed by atoms with Crippen molar-refractivity contribution in [2.75, 3.05) is 14.2 Å². The summed E-state index contributed by atoms with van der Waals surface area (Å²) >= 11 is 1.70. The van der Waals surface area contributed by atoms with Crippen molar-refractivity contribution in [3.8, 4) is 0 Å². The largest absolute Gasteiger partial charge is 0.354 e. The van der Waals surface area contributed by atoms with Crippen LogP contribution in [0.2, 0.25) is 0 Å². The topological polar surface area (TPSA) is 43.4 Å². The third kappa shape index (κ3) is 3.87. The van der Waals surface area contributed by atoms with Gasteiger partial charge >= 0.3 is 0 Å². The van der Waals surface area contributed by atoms with Gasteiger partial charge in [-0.3, -0.25) is 0 Å². The molecule has 4 nitrogen and oxygen atoms in total. The van der Waals surface area contributed by atoms with Crippen molar-refractivity contribution >= 4 is 11.3 Å². The van der Waals surface area contributed by atoms with Crippen LogP contribution in [0.3, 0.4) is 0 Å². The average Bonchev–Trinajstić information content (AvgIpc) is 2.63. The Morgan fingerprint density at radius 2 is 2.13 bits per heavy atom. The zero-order valence-corrected chi connectivity index (χ0v) is 10.4. The first kappa shape index (κ1) is 12.6. The molecular weight excluding hydrogens is 212 g/mol. The number of nitrogens with one attached hydrogen (secondary N) is 1. The lowest BCUT2D eigenvalue weighted by atomic mass is 10.3. The highest BCUT2D eigenvalue weighted by molar-refractivity contribution is 7.11. The van der Waals surface area contributed by atoms with E-state index in [4.69, 9.17) is 9.47 Å². The minimum Gasteiger partial charge on any atom is -0.354 e. The van der Waals surface area contributed by atoms with Crippen LogP contribution in [0.4, 0.5) is 0 Å². The van der Waals surface area contributed by atoms with E-state index in [9.17, 15) is 0 Å². The van der Waals surface area contributed by atoms with Crippen molar-refractivity contribution in [2.45, 2.75) is 32.7 Å². The van der Waals surface area contributed by atoms with Crippen molar-refractivity contribution in [2.24, 2.45) is 0 Å². The summed E-state index contributed by atoms with van der Waals surface area (Å²) in [4.78, 5) is 5.50. The SMILES string of the molecule is COC(OC)C(C)NCc1ncc(C)s1. The molecule has 0 aliphatic rings. The molecule has 0 radical (unpaired) electrons. The maximum Gasteiger partial charge on any atom is 0.171 e. The molecule has 0 spiro atoms. The lowest BCUT2D eigenvalue weighted by Gasteiger charge is -2.21. The minimum atomic E-state index is -0.217. The Hall–Kier alpha value is -0.490. The maximum absolute atomic E-state index is 5.15. The monoisotopic (exact) mass is 230 g/mol. The minimum absolute atomic E-state index is 0.143. The third-order valence-corrected chi connectivity index (χ3v) is 3.03. The molecule has 1 aromatic rings. The molecule has 15 heavy (non-hydrogen) atoms. The predicted molar refractivity (Wildman–Crippen MR) is 61.0 cm³/mol. The first-order valence-corrected chi connectivity index (χ1v) is 5.69. The molecule has 1 heterocycles. The summed E-state index contributed by atoms with van der Waals surface area (Å²) in [5, 5.41) is 4.40. The van der Waals surface area contributed by atoms with E-state index < -0.39 is 0 Å². The molecule has 1 rings (SSSR count). The Kier molecular flexibility index (Phi) is 5.17. The number of rotatable bonds is 6. The van der Waals surface area contributed by atoms with Crippen LogP contribution in [0.1, 0.15) is 16.8 Å². The van der Waals surface area contributed by atoms with Crippen molar-refractivity contribution in [3.05, 3.63) is 16.1 Å². The number of aromatic nitrogens is 1. The Balaban J connectivity index is 2.36. The number of methoxy groups -OCH3 is 2. The molecule has 1 unspecified atom stereocenters. The van der Waals surface area contributed by atoms with E-state index in [1.165, 1.54) is 4.88 Å². The first-order chi connectivity index (χ1) is 7.17. The highest BCUT2D eigenvalue weighted by Crippen LogP contribution is 2.11. The summed E-state index contributed by atoms with van der Waals surface area (Å²) in [6.45, 7) is 4.83. The summed E-state index contributed by atoms with van der Waals surface area (Å²) in [7, 11) is 3.28. The van der Waals surface area contributed by atoms with Gasteiger partial charge in [0, 0.05) is 31.8 Å². The smallest absolute Gasteiger partial charge is 0.171 e. The molecule has 0 aliphatic heterocycles. The second kappa shape index (κ2) is 6.17. The van der Waals surface area contributed by atoms with Gasteiger partial charge in [0.25, 0.3) is 0 Å². The second-order valence-corrected chi connectivity index (χ2v) is 4.69. The van der Waals surface area contributed by atoms with Crippen molar-refractivity contribution in [1.29, 1.82) is 0 Å². The van der Waals surface area contributed by atoms with Gasteiger partial charge in [0.1, 0.15) is 5.01 Å². The summed E-state index contributed by atoms with van der Waals surface area (Å²) in [6, 6.07) is 0.143. The Morgan fingerprint density at radius 3 is 2.60 bits per heavy atom. The fraction of sp³-hybridized carbons (Fsp3) is 0.700. The molecule has 5 heteroatoms. The van der Waals surface area contributed by atoms with E-state index in [0.717, 1.165) is 11.6 Å². The number of ether oxygens (including phenoxy) is 2. The number of nitrogens with zero attached hydrogens (tertiary/aromatic N) is 1. The second-order valence-electron chi connectivity index (χ2n) is 3.37. The summed E-state index contributed by atoms with van der Waals surface area (Å²) in [6.07, 6.45) is 1.67. The summed E-state index contributed by atoms with van der Waals surface area (Å²) in [5.74, 6) is 0. The lowest BCUT2D eigenvalue weighted by molar-refractivity contribution is -0.119. The van der Waals surface area contributed by atoms with E-state index in [-0.39, 0.29) is 12.3 Å². The van der Waals surface area contributed by atoms with Crippen LogP contribution in [0.25, 0.3) is 0 Å². The fourth-order valence-corrected chi connectivity index (χ4v) is 2.07. The molecule has 0 bridgehead atoms. The van der Waals surface area contributed by atoms with E-state index in [2.05, 4.69) is 17.2 Å². The highest BCUT2D eigenvalue weighted by atomic mass is 32.1. The molecule has 0 amide bonds. The fourth-order valence-electron chi connectivity index (χ4n) is 1.33. The van der Waals surface area contributed by atoms with Gasteiger partial charge < -0.3 is 14.8 Å². The van der Waals surface area contributed by atoms with Gasteiger partial charge in [-0.05, 0) is 13.8 Å². The lowest BCUT2D eigenvalue weighted by Crippen LogP contribution is -2.39. The van der Waals surface area contributed by atoms with Gasteiger partial charge in [0.05, 0.1) is 6.04 Å². The van der Waals surface area contributed by atoms with Crippen molar-refractivity contribution in [1.82, 2.24) is 10.3 Å². The number of hydrogen-bond donors (Lipinski definition) is 1. The molecule has 1 atom stereocenters. The number of hydrogen-bond acceptors (Lipinski definition) is 5. The zero-order chi connectivity index (χ0) is 11.3. The van der Waals surface area contributed by atoms with Gasteiger partial charge in [-0.2, -0.15) is 0 Å². The van der Waals surface area contributed by atoms with E-state index in [1.807, 2.05) is 13.1 Å². The molecule has 86 valence electrons. The molecule has 0 saturated carbocycles. The van der Waals surface area contributed by atoms with Crippen molar-refractivity contribution < 1.29 is 9.47 Å². The average molecular weight is 230 g/mol. The maximum atomic E-state index is 5.15. The van der Waals surface area contributed by atoms with Crippen LogP contribution >= 0.6 is 11.3 Å². The summed E-state index contributed by atoms with van der Waals surface area (Å²) in [5.41, 5.74) is 0. The van der Waals surface area contributed by atoms with Crippen molar-refractivity contribution in [3.63, 3.8) is 0 Å². The van der Waals surface area contributed by atoms with Gasteiger partial charge in [0.15, 0.2) is 6.29 Å². The molecule has 1 aromatic heterocycles. The van der Waals surface area contributed by atoms with Crippen LogP contribution in [-0.4, -0.2) is 31.5 Å². The molecule has 1 N–H and O–H groups in total. The van der Waals surface area contributed by atoms with Crippen LogP contribution in [0.5, 0.6) is 0 Å². The number of aryl methyl sites for hydroxylation is 1. The standard InChI is InChI=1S/C10H18N2O2S/c1-7-5-12-9(15-7)6-11-8(2)10(13-3)14-4/h5,8,10-11H,6H2,1-4H3. The third-order valence-electron chi connectivity index (χ3n) is 2.12. The molecule has 0 saturated heterocycles. The zero-order valence-electron chi connectivity index (χ0n) is 9.61. The first-order valence-electron chi connectivity index (χ1n) is 4.87. The van der Waals surface area contributed by atoms with Crippen LogP contribution in [0, 0.1) is 6.92 Å². The normalized spacial score (nSPS) is 13.4. The summed E-state index contributed by atoms with van der Waals surface area (Å²) < 4.78 is 10.3. The van der Waals surface area contributed by atoms with E-state index >= 15 is 0 Å². The van der Waals surface area contributed by atoms with Gasteiger partial charge in [-0.1, -0.05) is 0 Å². The highest BCUT2D eigenvalue weighted by Gasteiger charge is 2.15. The quantitative estimate of drug-likeness (QED) is 0.753. The molecule has 0 aromatic carbocycles. The van der Waals surface area contributed by atoms with E-state index in [1.54, 1.807) is 25.6 Å². The van der Waals surface area contributed by atoms with Gasteiger partial charge in [-0.15, -0.1) is 11.3 Å². The Bertz CT molecular complexity index is 287. The van der Waals surface area contributed by atoms with Crippen LogP contribution < -0.4 is 5.32 Å². The van der Waals surface area contributed by atoms with Crippen LogP contribution in [-0.2, 0) is 16.0 Å². The van der Waals surface area contributed by atoms with Gasteiger partial charge in [0.2, 0.25) is 0 Å². The Morgan fingerprint density at radius 1 is 1.47 bits per heavy atom. The molecule has 0 aliphatic carbocycles. The molecule has 0 fully saturated rings. The van der Waals surface area contributed by atoms with E-state index in [0.29, 0.717) is 0 Å². The van der Waals surface area contributed by atoms with Gasteiger partial charge in [-0.25, -0.2) is 4.98 Å².